The van der Waals surface area contributed by atoms with Crippen molar-refractivity contribution >= 4 is 63.3 Å². The number of carbonyl (C=O) groups excluding carboxylic acids is 2. The van der Waals surface area contributed by atoms with Crippen LogP contribution < -0.4 is 19.6 Å². The van der Waals surface area contributed by atoms with E-state index in [9.17, 15) is 9.59 Å². The number of nitrogens with zero attached hydrogens (tertiary/aromatic N) is 1. The third kappa shape index (κ3) is 6.45. The van der Waals surface area contributed by atoms with Gasteiger partial charge in [-0.15, -0.1) is 0 Å². The molecular formula is C19H18I2N2O6. The Hall–Kier alpha value is -2.09. The van der Waals surface area contributed by atoms with E-state index >= 15 is 0 Å². The first-order valence-electron chi connectivity index (χ1n) is 8.13. The van der Waals surface area contributed by atoms with Gasteiger partial charge >= 0.3 is 5.97 Å². The molecule has 154 valence electrons. The Morgan fingerprint density at radius 3 is 2.41 bits per heavy atom. The molecule has 1 N–H and O–H groups in total. The molecule has 0 aliphatic carbocycles. The Kier molecular flexibility index (Phi) is 8.95. The van der Waals surface area contributed by atoms with Gasteiger partial charge < -0.3 is 18.9 Å². The third-order valence-electron chi connectivity index (χ3n) is 3.61. The molecule has 2 aromatic carbocycles. The van der Waals surface area contributed by atoms with Gasteiger partial charge in [-0.25, -0.2) is 10.2 Å². The summed E-state index contributed by atoms with van der Waals surface area (Å²) in [5.74, 6) is 0.602. The van der Waals surface area contributed by atoms with Gasteiger partial charge in [0.25, 0.3) is 5.91 Å². The lowest BCUT2D eigenvalue weighted by atomic mass is 10.2. The van der Waals surface area contributed by atoms with Crippen LogP contribution in [0.4, 0.5) is 0 Å². The molecule has 1 amide bonds. The zero-order chi connectivity index (χ0) is 21.4. The first-order valence-corrected chi connectivity index (χ1v) is 10.3. The van der Waals surface area contributed by atoms with E-state index in [1.54, 1.807) is 37.4 Å². The Balaban J connectivity index is 2.11. The standard InChI is InChI=1S/C19H18I2N2O6/c1-26-15-8-12(4-5-13(15)20)19(25)23-22-9-11-6-14(21)18(16(7-11)27-2)29-10-17(24)28-3/h4-9H,10H2,1-3H3,(H,23,25)/b22-9-. The van der Waals surface area contributed by atoms with Crippen LogP contribution in [0.3, 0.4) is 0 Å². The molecule has 0 aromatic heterocycles. The van der Waals surface area contributed by atoms with Gasteiger partial charge in [-0.1, -0.05) is 0 Å². The van der Waals surface area contributed by atoms with E-state index in [4.69, 9.17) is 14.2 Å². The Morgan fingerprint density at radius 1 is 1.03 bits per heavy atom. The van der Waals surface area contributed by atoms with Crippen molar-refractivity contribution in [1.29, 1.82) is 0 Å². The summed E-state index contributed by atoms with van der Waals surface area (Å²) in [7, 11) is 4.32. The summed E-state index contributed by atoms with van der Waals surface area (Å²) < 4.78 is 22.2. The third-order valence-corrected chi connectivity index (χ3v) is 5.30. The molecule has 0 aliphatic rings. The highest BCUT2D eigenvalue weighted by Crippen LogP contribution is 2.33. The zero-order valence-electron chi connectivity index (χ0n) is 15.8. The highest BCUT2D eigenvalue weighted by Gasteiger charge is 2.13. The number of carbonyl (C=O) groups is 2. The minimum atomic E-state index is -0.497. The second-order valence-corrected chi connectivity index (χ2v) is 7.77. The fourth-order valence-electron chi connectivity index (χ4n) is 2.18. The topological polar surface area (TPSA) is 95.5 Å². The minimum absolute atomic E-state index is 0.230. The molecule has 0 unspecified atom stereocenters. The van der Waals surface area contributed by atoms with Gasteiger partial charge in [0.2, 0.25) is 0 Å². The van der Waals surface area contributed by atoms with E-state index < -0.39 is 5.97 Å². The number of esters is 1. The van der Waals surface area contributed by atoms with Gasteiger partial charge in [0.05, 0.1) is 34.7 Å². The van der Waals surface area contributed by atoms with E-state index in [1.165, 1.54) is 20.4 Å². The summed E-state index contributed by atoms with van der Waals surface area (Å²) in [5.41, 5.74) is 3.58. The van der Waals surface area contributed by atoms with E-state index in [0.29, 0.717) is 31.9 Å². The summed E-state index contributed by atoms with van der Waals surface area (Å²) in [5, 5.41) is 3.99. The maximum Gasteiger partial charge on any atom is 0.343 e. The van der Waals surface area contributed by atoms with Crippen molar-refractivity contribution in [3.8, 4) is 17.2 Å². The van der Waals surface area contributed by atoms with Crippen molar-refractivity contribution in [3.63, 3.8) is 0 Å². The smallest absolute Gasteiger partial charge is 0.343 e. The van der Waals surface area contributed by atoms with Crippen LogP contribution in [0.25, 0.3) is 0 Å². The molecule has 0 radical (unpaired) electrons. The maximum atomic E-state index is 12.3. The van der Waals surface area contributed by atoms with Crippen LogP contribution in [-0.2, 0) is 9.53 Å². The molecule has 2 aromatic rings. The van der Waals surface area contributed by atoms with E-state index in [1.807, 2.05) is 0 Å². The van der Waals surface area contributed by atoms with Crippen LogP contribution in [0.1, 0.15) is 15.9 Å². The number of amides is 1. The van der Waals surface area contributed by atoms with Crippen LogP contribution in [0.5, 0.6) is 17.2 Å². The molecule has 10 heteroatoms. The normalized spacial score (nSPS) is 10.5. The molecule has 29 heavy (non-hydrogen) atoms. The molecule has 2 rings (SSSR count). The Bertz CT molecular complexity index is 933. The summed E-state index contributed by atoms with van der Waals surface area (Å²) >= 11 is 4.18. The maximum absolute atomic E-state index is 12.3. The molecule has 0 aliphatic heterocycles. The Labute approximate surface area is 195 Å². The Morgan fingerprint density at radius 2 is 1.76 bits per heavy atom. The first-order chi connectivity index (χ1) is 13.9. The van der Waals surface area contributed by atoms with Crippen molar-refractivity contribution in [2.75, 3.05) is 27.9 Å². The molecule has 0 saturated heterocycles. The van der Waals surface area contributed by atoms with Gasteiger partial charge in [0.15, 0.2) is 18.1 Å². The van der Waals surface area contributed by atoms with E-state index in [-0.39, 0.29) is 12.5 Å². The van der Waals surface area contributed by atoms with Crippen LogP contribution in [0, 0.1) is 7.14 Å². The van der Waals surface area contributed by atoms with Crippen molar-refractivity contribution in [1.82, 2.24) is 5.43 Å². The van der Waals surface area contributed by atoms with Crippen molar-refractivity contribution in [2.45, 2.75) is 0 Å². The van der Waals surface area contributed by atoms with Crippen LogP contribution in [0.15, 0.2) is 35.4 Å². The number of ether oxygens (including phenoxy) is 4. The monoisotopic (exact) mass is 624 g/mol. The number of nitrogens with one attached hydrogen (secondary N) is 1. The van der Waals surface area contributed by atoms with Crippen molar-refractivity contribution in [3.05, 3.63) is 48.6 Å². The lowest BCUT2D eigenvalue weighted by Gasteiger charge is -2.12. The summed E-state index contributed by atoms with van der Waals surface area (Å²) in [6.45, 7) is -0.230. The van der Waals surface area contributed by atoms with Crippen LogP contribution >= 0.6 is 45.2 Å². The van der Waals surface area contributed by atoms with Gasteiger partial charge in [0.1, 0.15) is 5.75 Å². The molecule has 0 heterocycles. The summed E-state index contributed by atoms with van der Waals surface area (Å²) in [4.78, 5) is 23.5. The number of rotatable bonds is 8. The van der Waals surface area contributed by atoms with Gasteiger partial charge in [-0.3, -0.25) is 4.79 Å². The first kappa shape index (κ1) is 23.2. The summed E-state index contributed by atoms with van der Waals surface area (Å²) in [6.07, 6.45) is 1.48. The van der Waals surface area contributed by atoms with Crippen molar-refractivity contribution in [2.24, 2.45) is 5.10 Å². The van der Waals surface area contributed by atoms with E-state index in [2.05, 4.69) is 60.4 Å². The number of hydrazone groups is 1. The van der Waals surface area contributed by atoms with Crippen molar-refractivity contribution < 1.29 is 28.5 Å². The second-order valence-electron chi connectivity index (χ2n) is 5.45. The van der Waals surface area contributed by atoms with Gasteiger partial charge in [0, 0.05) is 5.56 Å². The minimum Gasteiger partial charge on any atom is -0.496 e. The quantitative estimate of drug-likeness (QED) is 0.210. The highest BCUT2D eigenvalue weighted by atomic mass is 127. The van der Waals surface area contributed by atoms with Crippen LogP contribution in [0.2, 0.25) is 0 Å². The molecule has 0 saturated carbocycles. The molecular weight excluding hydrogens is 606 g/mol. The number of benzene rings is 2. The average molecular weight is 624 g/mol. The average Bonchev–Trinajstić information content (AvgIpc) is 2.72. The molecule has 8 nitrogen and oxygen atoms in total. The zero-order valence-corrected chi connectivity index (χ0v) is 20.1. The van der Waals surface area contributed by atoms with Gasteiger partial charge in [-0.05, 0) is 81.1 Å². The molecule has 0 spiro atoms. The molecule has 0 fully saturated rings. The van der Waals surface area contributed by atoms with Crippen LogP contribution in [-0.4, -0.2) is 46.0 Å². The fraction of sp³-hybridized carbons (Fsp3) is 0.211. The largest absolute Gasteiger partial charge is 0.496 e. The second kappa shape index (κ2) is 11.2. The van der Waals surface area contributed by atoms with E-state index in [0.717, 1.165) is 3.57 Å². The number of hydrogen-bond donors (Lipinski definition) is 1. The fourth-order valence-corrected chi connectivity index (χ4v) is 3.51. The molecule has 0 atom stereocenters. The SMILES string of the molecule is COC(=O)COc1c(I)cc(/C=N\NC(=O)c2ccc(I)c(OC)c2)cc1OC. The lowest BCUT2D eigenvalue weighted by molar-refractivity contribution is -0.142. The number of methoxy groups -OCH3 is 3. The molecule has 0 bridgehead atoms. The predicted octanol–water partition coefficient (Wildman–Crippen LogP) is 3.23. The number of halogens is 2. The lowest BCUT2D eigenvalue weighted by Crippen LogP contribution is -2.17. The van der Waals surface area contributed by atoms with Gasteiger partial charge in [-0.2, -0.15) is 5.10 Å². The number of hydrogen-bond acceptors (Lipinski definition) is 7. The highest BCUT2D eigenvalue weighted by molar-refractivity contribution is 14.1. The predicted molar refractivity (Wildman–Crippen MR) is 124 cm³/mol. The summed E-state index contributed by atoms with van der Waals surface area (Å²) in [6, 6.07) is 8.58.